The number of nitrogens with two attached hydrogens (primary N) is 1. The van der Waals surface area contributed by atoms with Gasteiger partial charge < -0.3 is 5.73 Å². The lowest BCUT2D eigenvalue weighted by Crippen LogP contribution is -2.26. The van der Waals surface area contributed by atoms with Crippen molar-refractivity contribution >= 4 is 35.3 Å². The maximum atomic E-state index is 11.0. The second-order valence-corrected chi connectivity index (χ2v) is 4.33. The van der Waals surface area contributed by atoms with Crippen LogP contribution in [0.3, 0.4) is 0 Å². The predicted molar refractivity (Wildman–Crippen MR) is 58.7 cm³/mol. The number of thioether (sulfide) groups is 1. The first-order chi connectivity index (χ1) is 7.25. The fraction of sp³-hybridized carbons (Fsp3) is 0.100. The molecule has 1 amide bonds. The molecule has 0 fully saturated rings. The summed E-state index contributed by atoms with van der Waals surface area (Å²) in [5.41, 5.74) is 5.88. The molecule has 0 spiro atoms. The Balaban J connectivity index is 2.33. The van der Waals surface area contributed by atoms with Crippen LogP contribution in [-0.2, 0) is 4.79 Å². The Morgan fingerprint density at radius 3 is 3.07 bits per heavy atom. The molecule has 0 atom stereocenters. The van der Waals surface area contributed by atoms with Crippen LogP contribution in [0.4, 0.5) is 5.69 Å². The molecule has 4 nitrogen and oxygen atoms in total. The van der Waals surface area contributed by atoms with E-state index in [1.54, 1.807) is 11.8 Å². The van der Waals surface area contributed by atoms with Gasteiger partial charge in [0.2, 0.25) is 5.84 Å². The van der Waals surface area contributed by atoms with Crippen LogP contribution in [0.25, 0.3) is 6.08 Å². The van der Waals surface area contributed by atoms with E-state index in [0.717, 1.165) is 22.0 Å². The second-order valence-electron chi connectivity index (χ2n) is 3.27. The molecular formula is C10H7N3OS. The molecule has 0 bridgehead atoms. The number of fused-ring (bicyclic) bond motifs is 3. The molecule has 0 saturated heterocycles. The number of nitrogens with zero attached hydrogens (tertiary/aromatic N) is 2. The molecule has 0 saturated carbocycles. The van der Waals surface area contributed by atoms with Crippen LogP contribution in [0, 0.1) is 0 Å². The molecule has 74 valence electrons. The normalized spacial score (nSPS) is 16.1. The summed E-state index contributed by atoms with van der Waals surface area (Å²) < 4.78 is 0. The van der Waals surface area contributed by atoms with Gasteiger partial charge in [-0.25, -0.2) is 9.98 Å². The van der Waals surface area contributed by atoms with Gasteiger partial charge in [0.1, 0.15) is 0 Å². The highest BCUT2D eigenvalue weighted by Crippen LogP contribution is 2.20. The fourth-order valence-corrected chi connectivity index (χ4v) is 2.61. The van der Waals surface area contributed by atoms with Crippen molar-refractivity contribution in [2.75, 3.05) is 5.75 Å². The van der Waals surface area contributed by atoms with Crippen molar-refractivity contribution in [3.05, 3.63) is 22.7 Å². The second kappa shape index (κ2) is 2.93. The number of carbonyl (C=O) groups is 1. The number of hydrogen-bond acceptors (Lipinski definition) is 4. The molecular weight excluding hydrogens is 210 g/mol. The van der Waals surface area contributed by atoms with Crippen molar-refractivity contribution < 1.29 is 4.79 Å². The minimum absolute atomic E-state index is 0.101. The highest BCUT2D eigenvalue weighted by atomic mass is 32.2. The van der Waals surface area contributed by atoms with E-state index in [1.165, 1.54) is 4.90 Å². The molecule has 0 aromatic heterocycles. The average molecular weight is 217 g/mol. The van der Waals surface area contributed by atoms with Gasteiger partial charge >= 0.3 is 0 Å². The molecule has 0 unspecified atom stereocenters. The molecule has 1 aromatic rings. The highest BCUT2D eigenvalue weighted by molar-refractivity contribution is 7.99. The number of amidine groups is 1. The van der Waals surface area contributed by atoms with Gasteiger partial charge in [-0.2, -0.15) is 0 Å². The van der Waals surface area contributed by atoms with Gasteiger partial charge in [-0.05, 0) is 12.1 Å². The average Bonchev–Trinajstić information content (AvgIpc) is 2.82. The summed E-state index contributed by atoms with van der Waals surface area (Å²) in [6, 6.07) is 3.88. The molecule has 0 aliphatic carbocycles. The largest absolute Gasteiger partial charge is 0.363 e. The molecule has 2 heterocycles. The van der Waals surface area contributed by atoms with Crippen LogP contribution in [0.5, 0.6) is 0 Å². The topological polar surface area (TPSA) is 67.8 Å². The van der Waals surface area contributed by atoms with E-state index in [1.807, 2.05) is 12.1 Å². The van der Waals surface area contributed by atoms with Crippen molar-refractivity contribution in [1.29, 1.82) is 0 Å². The van der Waals surface area contributed by atoms with E-state index < -0.39 is 5.91 Å². The van der Waals surface area contributed by atoms with Gasteiger partial charge in [0.05, 0.1) is 11.0 Å². The Morgan fingerprint density at radius 1 is 1.40 bits per heavy atom. The first-order valence-electron chi connectivity index (χ1n) is 4.49. The van der Waals surface area contributed by atoms with Crippen LogP contribution in [0.15, 0.2) is 27.0 Å². The van der Waals surface area contributed by atoms with Gasteiger partial charge in [0, 0.05) is 15.9 Å². The summed E-state index contributed by atoms with van der Waals surface area (Å²) in [5, 5.41) is 1.86. The lowest BCUT2D eigenvalue weighted by atomic mass is 10.2. The third-order valence-corrected chi connectivity index (χ3v) is 3.35. The molecule has 1 aromatic carbocycles. The number of amides is 1. The predicted octanol–water partition coefficient (Wildman–Crippen LogP) is -0.279. The van der Waals surface area contributed by atoms with E-state index in [9.17, 15) is 4.79 Å². The Kier molecular flexibility index (Phi) is 1.70. The van der Waals surface area contributed by atoms with Crippen molar-refractivity contribution in [1.82, 2.24) is 0 Å². The van der Waals surface area contributed by atoms with E-state index >= 15 is 0 Å². The monoisotopic (exact) mass is 217 g/mol. The smallest absolute Gasteiger partial charge is 0.286 e. The number of benzene rings is 1. The summed E-state index contributed by atoms with van der Waals surface area (Å²) in [4.78, 5) is 20.4. The van der Waals surface area contributed by atoms with Crippen LogP contribution >= 0.6 is 11.8 Å². The third-order valence-electron chi connectivity index (χ3n) is 2.35. The molecule has 0 radical (unpaired) electrons. The van der Waals surface area contributed by atoms with E-state index in [2.05, 4.69) is 16.1 Å². The summed E-state index contributed by atoms with van der Waals surface area (Å²) >= 11 is 1.76. The van der Waals surface area contributed by atoms with Crippen LogP contribution in [0.1, 0.15) is 0 Å². The molecule has 2 aliphatic heterocycles. The Labute approximate surface area is 89.6 Å². The number of aliphatic imine (C=N–C) groups is 1. The zero-order valence-corrected chi connectivity index (χ0v) is 8.54. The van der Waals surface area contributed by atoms with Crippen molar-refractivity contribution in [2.45, 2.75) is 4.90 Å². The van der Waals surface area contributed by atoms with Gasteiger partial charge in [-0.1, -0.05) is 6.08 Å². The van der Waals surface area contributed by atoms with Gasteiger partial charge in [0.25, 0.3) is 5.91 Å². The van der Waals surface area contributed by atoms with Crippen molar-refractivity contribution in [3.8, 4) is 0 Å². The summed E-state index contributed by atoms with van der Waals surface area (Å²) in [7, 11) is 0. The minimum Gasteiger partial charge on any atom is -0.363 e. The lowest BCUT2D eigenvalue weighted by molar-refractivity contribution is -0.112. The van der Waals surface area contributed by atoms with Crippen LogP contribution in [-0.4, -0.2) is 17.5 Å². The number of carbonyl (C=O) groups excluding carboxylic acids is 1. The summed E-state index contributed by atoms with van der Waals surface area (Å²) in [6.45, 7) is 0. The summed E-state index contributed by atoms with van der Waals surface area (Å²) in [6.07, 6.45) is 2.10. The minimum atomic E-state index is -0.578. The Bertz CT molecular complexity index is 618. The molecule has 3 rings (SSSR count). The summed E-state index contributed by atoms with van der Waals surface area (Å²) in [5.74, 6) is 0.474. The van der Waals surface area contributed by atoms with E-state index in [-0.39, 0.29) is 5.84 Å². The molecule has 2 aliphatic rings. The lowest BCUT2D eigenvalue weighted by Gasteiger charge is -1.93. The van der Waals surface area contributed by atoms with Gasteiger partial charge in [-0.15, -0.1) is 11.8 Å². The first kappa shape index (κ1) is 8.67. The van der Waals surface area contributed by atoms with Crippen molar-refractivity contribution in [2.24, 2.45) is 15.7 Å². The number of hydrogen-bond donors (Lipinski definition) is 1. The number of rotatable bonds is 1. The first-order valence-corrected chi connectivity index (χ1v) is 5.47. The van der Waals surface area contributed by atoms with E-state index in [0.29, 0.717) is 0 Å². The zero-order chi connectivity index (χ0) is 10.4. The maximum absolute atomic E-state index is 11.0. The van der Waals surface area contributed by atoms with Gasteiger partial charge in [0.15, 0.2) is 0 Å². The standard InChI is InChI=1S/C10H7N3OS/c11-9(14)10-12-6-1-2-7-5(3-4-15-7)8(6)13-10/h1-3H,4H2,(H2,11,14). The maximum Gasteiger partial charge on any atom is 0.286 e. The Morgan fingerprint density at radius 2 is 2.27 bits per heavy atom. The highest BCUT2D eigenvalue weighted by Gasteiger charge is 2.16. The molecule has 5 heteroatoms. The van der Waals surface area contributed by atoms with Gasteiger partial charge in [-0.3, -0.25) is 4.79 Å². The SMILES string of the molecule is NC(=O)C1=Nc2ccc3c(c2=N1)=CCS3. The van der Waals surface area contributed by atoms with Crippen molar-refractivity contribution in [3.63, 3.8) is 0 Å². The molecule has 2 N–H and O–H groups in total. The van der Waals surface area contributed by atoms with Crippen LogP contribution < -0.4 is 16.3 Å². The fourth-order valence-electron chi connectivity index (χ4n) is 1.68. The number of primary amides is 1. The quantitative estimate of drug-likeness (QED) is 0.703. The Hall–Kier alpha value is -1.62. The zero-order valence-electron chi connectivity index (χ0n) is 7.73. The van der Waals surface area contributed by atoms with E-state index in [4.69, 9.17) is 5.73 Å². The molecule has 15 heavy (non-hydrogen) atoms. The van der Waals surface area contributed by atoms with Crippen LogP contribution in [0.2, 0.25) is 0 Å². The third kappa shape index (κ3) is 1.20.